The van der Waals surface area contributed by atoms with Crippen molar-refractivity contribution in [2.24, 2.45) is 0 Å². The smallest absolute Gasteiger partial charge is 0.150 e. The predicted molar refractivity (Wildman–Crippen MR) is 67.8 cm³/mol. The molecule has 0 N–H and O–H groups in total. The number of fused-ring (bicyclic) bond motifs is 1. The Morgan fingerprint density at radius 2 is 1.72 bits per heavy atom. The fraction of sp³-hybridized carbons (Fsp3) is 0. The molecule has 90 valence electrons. The zero-order chi connectivity index (χ0) is 12.7. The molecule has 6 heteroatoms. The topological polar surface area (TPSA) is 25.8 Å². The molecule has 2 aromatic heterocycles. The number of aromatic nitrogens is 2. The van der Waals surface area contributed by atoms with E-state index in [2.05, 4.69) is 9.97 Å². The molecular formula is C12H5ClF2N2S. The van der Waals surface area contributed by atoms with Crippen LogP contribution < -0.4 is 0 Å². The highest BCUT2D eigenvalue weighted by Crippen LogP contribution is 2.35. The maximum atomic E-state index is 13.2. The number of hydrogen-bond acceptors (Lipinski definition) is 3. The Morgan fingerprint density at radius 1 is 1.00 bits per heavy atom. The molecule has 0 spiro atoms. The van der Waals surface area contributed by atoms with Gasteiger partial charge < -0.3 is 0 Å². The molecular weight excluding hydrogens is 278 g/mol. The zero-order valence-corrected chi connectivity index (χ0v) is 10.4. The number of thiophene rings is 1. The van der Waals surface area contributed by atoms with Crippen molar-refractivity contribution in [1.29, 1.82) is 0 Å². The third-order valence-electron chi connectivity index (χ3n) is 2.41. The molecule has 0 aliphatic rings. The molecule has 0 fully saturated rings. The highest BCUT2D eigenvalue weighted by atomic mass is 35.5. The van der Waals surface area contributed by atoms with Gasteiger partial charge in [-0.15, -0.1) is 11.3 Å². The molecule has 3 aromatic rings. The first kappa shape index (κ1) is 11.5. The summed E-state index contributed by atoms with van der Waals surface area (Å²) in [6.07, 6.45) is 1.35. The minimum Gasteiger partial charge on any atom is -0.235 e. The van der Waals surface area contributed by atoms with E-state index in [-0.39, 0.29) is 0 Å². The van der Waals surface area contributed by atoms with Gasteiger partial charge in [0.25, 0.3) is 0 Å². The minimum atomic E-state index is -0.611. The van der Waals surface area contributed by atoms with E-state index in [0.29, 0.717) is 25.8 Å². The second-order valence-corrected chi connectivity index (χ2v) is 5.06. The van der Waals surface area contributed by atoms with Crippen LogP contribution in [0.25, 0.3) is 20.7 Å². The van der Waals surface area contributed by atoms with Crippen molar-refractivity contribution in [2.75, 3.05) is 0 Å². The Labute approximate surface area is 110 Å². The Balaban J connectivity index is 2.22. The fourth-order valence-corrected chi connectivity index (χ4v) is 2.90. The lowest BCUT2D eigenvalue weighted by atomic mass is 10.2. The van der Waals surface area contributed by atoms with Crippen LogP contribution in [-0.2, 0) is 0 Å². The molecule has 18 heavy (non-hydrogen) atoms. The van der Waals surface area contributed by atoms with Crippen LogP contribution in [0.2, 0.25) is 5.15 Å². The lowest BCUT2D eigenvalue weighted by molar-refractivity contribution is 0.584. The van der Waals surface area contributed by atoms with Crippen LogP contribution in [0.5, 0.6) is 0 Å². The molecule has 2 nitrogen and oxygen atoms in total. The predicted octanol–water partition coefficient (Wildman–Crippen LogP) is 4.29. The van der Waals surface area contributed by atoms with Crippen LogP contribution in [-0.4, -0.2) is 9.97 Å². The first-order valence-electron chi connectivity index (χ1n) is 5.00. The van der Waals surface area contributed by atoms with Crippen molar-refractivity contribution in [1.82, 2.24) is 9.97 Å². The summed E-state index contributed by atoms with van der Waals surface area (Å²) in [5.74, 6) is -1.22. The van der Waals surface area contributed by atoms with Gasteiger partial charge in [-0.3, -0.25) is 0 Å². The number of nitrogens with zero attached hydrogens (tertiary/aromatic N) is 2. The monoisotopic (exact) mass is 282 g/mol. The Hall–Kier alpha value is -1.59. The van der Waals surface area contributed by atoms with Crippen molar-refractivity contribution >= 4 is 33.2 Å². The van der Waals surface area contributed by atoms with Gasteiger partial charge in [0.2, 0.25) is 0 Å². The van der Waals surface area contributed by atoms with Crippen molar-refractivity contribution in [3.8, 4) is 10.4 Å². The minimum absolute atomic E-state index is 0.341. The zero-order valence-electron chi connectivity index (χ0n) is 8.82. The van der Waals surface area contributed by atoms with E-state index in [0.717, 1.165) is 6.07 Å². The highest BCUT2D eigenvalue weighted by molar-refractivity contribution is 7.22. The molecule has 0 saturated carbocycles. The largest absolute Gasteiger partial charge is 0.235 e. The van der Waals surface area contributed by atoms with Crippen LogP contribution >= 0.6 is 22.9 Å². The third kappa shape index (κ3) is 1.95. The lowest BCUT2D eigenvalue weighted by Gasteiger charge is -1.97. The van der Waals surface area contributed by atoms with Gasteiger partial charge >= 0.3 is 0 Å². The standard InChI is InChI=1S/C12H5ClF2N2S/c13-12-11-9(16-5-17-12)4-10(18-11)6-1-7(14)3-8(15)2-6/h1-5H. The van der Waals surface area contributed by atoms with Crippen molar-refractivity contribution in [3.05, 3.63) is 47.4 Å². The lowest BCUT2D eigenvalue weighted by Crippen LogP contribution is -1.81. The number of rotatable bonds is 1. The maximum absolute atomic E-state index is 13.2. The van der Waals surface area contributed by atoms with Gasteiger partial charge in [-0.25, -0.2) is 18.7 Å². The summed E-state index contributed by atoms with van der Waals surface area (Å²) in [5, 5.41) is 0.341. The Bertz CT molecular complexity index is 722. The van der Waals surface area contributed by atoms with E-state index in [1.165, 1.54) is 29.8 Å². The van der Waals surface area contributed by atoms with E-state index in [1.54, 1.807) is 6.07 Å². The van der Waals surface area contributed by atoms with Crippen LogP contribution in [0.15, 0.2) is 30.6 Å². The van der Waals surface area contributed by atoms with Crippen LogP contribution in [0.3, 0.4) is 0 Å². The number of benzene rings is 1. The third-order valence-corrected chi connectivity index (χ3v) is 3.99. The molecule has 1 aromatic carbocycles. The second kappa shape index (κ2) is 4.26. The van der Waals surface area contributed by atoms with Gasteiger partial charge in [0, 0.05) is 10.9 Å². The van der Waals surface area contributed by atoms with Crippen LogP contribution in [0.4, 0.5) is 8.78 Å². The summed E-state index contributed by atoms with van der Waals surface area (Å²) in [4.78, 5) is 8.63. The summed E-state index contributed by atoms with van der Waals surface area (Å²) >= 11 is 7.24. The van der Waals surface area contributed by atoms with Crippen LogP contribution in [0.1, 0.15) is 0 Å². The second-order valence-electron chi connectivity index (χ2n) is 3.65. The molecule has 0 aliphatic carbocycles. The quantitative estimate of drug-likeness (QED) is 0.622. The average molecular weight is 283 g/mol. The van der Waals surface area contributed by atoms with E-state index >= 15 is 0 Å². The normalized spacial score (nSPS) is 11.1. The summed E-state index contributed by atoms with van der Waals surface area (Å²) in [6.45, 7) is 0. The average Bonchev–Trinajstić information content (AvgIpc) is 2.73. The Kier molecular flexibility index (Phi) is 2.72. The fourth-order valence-electron chi connectivity index (χ4n) is 1.66. The molecule has 0 aliphatic heterocycles. The van der Waals surface area contributed by atoms with Gasteiger partial charge in [-0.1, -0.05) is 11.6 Å². The van der Waals surface area contributed by atoms with E-state index < -0.39 is 11.6 Å². The molecule has 0 bridgehead atoms. The van der Waals surface area contributed by atoms with E-state index in [1.807, 2.05) is 0 Å². The van der Waals surface area contributed by atoms with Gasteiger partial charge in [0.1, 0.15) is 23.1 Å². The number of hydrogen-bond donors (Lipinski definition) is 0. The summed E-state index contributed by atoms with van der Waals surface area (Å²) in [5.41, 5.74) is 1.13. The molecule has 0 amide bonds. The van der Waals surface area contributed by atoms with Crippen LogP contribution in [0, 0.1) is 11.6 Å². The summed E-state index contributed by atoms with van der Waals surface area (Å²) in [7, 11) is 0. The van der Waals surface area contributed by atoms with Gasteiger partial charge in [0.15, 0.2) is 0 Å². The summed E-state index contributed by atoms with van der Waals surface area (Å²) < 4.78 is 27.0. The van der Waals surface area contributed by atoms with Gasteiger partial charge in [-0.2, -0.15) is 0 Å². The SMILES string of the molecule is Fc1cc(F)cc(-c2cc3ncnc(Cl)c3s2)c1. The molecule has 2 heterocycles. The Morgan fingerprint density at radius 3 is 2.39 bits per heavy atom. The molecule has 0 saturated heterocycles. The van der Waals surface area contributed by atoms with Gasteiger partial charge in [0.05, 0.1) is 10.2 Å². The highest BCUT2D eigenvalue weighted by Gasteiger charge is 2.10. The van der Waals surface area contributed by atoms with Crippen molar-refractivity contribution in [3.63, 3.8) is 0 Å². The van der Waals surface area contributed by atoms with E-state index in [9.17, 15) is 8.78 Å². The maximum Gasteiger partial charge on any atom is 0.150 e. The molecule has 0 unspecified atom stereocenters. The molecule has 3 rings (SSSR count). The van der Waals surface area contributed by atoms with Crippen molar-refractivity contribution in [2.45, 2.75) is 0 Å². The first-order valence-corrected chi connectivity index (χ1v) is 6.19. The molecule has 0 radical (unpaired) electrons. The van der Waals surface area contributed by atoms with Gasteiger partial charge in [-0.05, 0) is 23.8 Å². The molecule has 0 atom stereocenters. The van der Waals surface area contributed by atoms with E-state index in [4.69, 9.17) is 11.6 Å². The van der Waals surface area contributed by atoms with Crippen molar-refractivity contribution < 1.29 is 8.78 Å². The summed E-state index contributed by atoms with van der Waals surface area (Å²) in [6, 6.07) is 5.12. The number of halogens is 3. The first-order chi connectivity index (χ1) is 8.63.